The van der Waals surface area contributed by atoms with E-state index in [-0.39, 0.29) is 5.92 Å². The maximum Gasteiger partial charge on any atom is 0.634 e. The number of rotatable bonds is 11. The molecule has 0 spiro atoms. The van der Waals surface area contributed by atoms with E-state index < -0.39 is 12.9 Å². The molecule has 1 atom stereocenters. The van der Waals surface area contributed by atoms with Crippen LogP contribution in [0.4, 0.5) is 0 Å². The molecule has 0 aliphatic heterocycles. The lowest BCUT2D eigenvalue weighted by Gasteiger charge is -2.42. The Hall–Kier alpha value is -2.40. The minimum absolute atomic E-state index is 0.0813. The molecule has 3 aromatic carbocycles. The van der Waals surface area contributed by atoms with Crippen molar-refractivity contribution in [3.05, 3.63) is 108 Å². The molecule has 0 saturated heterocycles. The molecule has 3 rings (SSSR count). The van der Waals surface area contributed by atoms with Crippen LogP contribution in [0.25, 0.3) is 0 Å². The molecule has 3 aromatic rings. The van der Waals surface area contributed by atoms with Crippen LogP contribution in [-0.2, 0) is 10.3 Å². The summed E-state index contributed by atoms with van der Waals surface area (Å²) in [5, 5.41) is 20.1. The summed E-state index contributed by atoms with van der Waals surface area (Å²) in [5.74, 6) is -0.0813. The highest BCUT2D eigenvalue weighted by molar-refractivity contribution is 6.32. The van der Waals surface area contributed by atoms with Crippen molar-refractivity contribution >= 4 is 7.32 Å². The van der Waals surface area contributed by atoms with Gasteiger partial charge in [-0.25, -0.2) is 0 Å². The Kier molecular flexibility index (Phi) is 8.26. The molecule has 0 saturated carbocycles. The molecule has 0 fully saturated rings. The molecule has 0 aliphatic rings. The summed E-state index contributed by atoms with van der Waals surface area (Å²) in [6, 6.07) is 30.2. The third kappa shape index (κ3) is 5.20. The van der Waals surface area contributed by atoms with Gasteiger partial charge in [0, 0.05) is 5.92 Å². The molecular formula is C26H31BO3. The third-order valence-electron chi connectivity index (χ3n) is 5.74. The lowest BCUT2D eigenvalue weighted by atomic mass is 9.70. The fourth-order valence-electron chi connectivity index (χ4n) is 4.39. The van der Waals surface area contributed by atoms with Gasteiger partial charge in [0.25, 0.3) is 0 Å². The van der Waals surface area contributed by atoms with Crippen LogP contribution >= 0.6 is 0 Å². The van der Waals surface area contributed by atoms with E-state index in [4.69, 9.17) is 4.65 Å². The number of hydrogen-bond donors (Lipinski definition) is 2. The van der Waals surface area contributed by atoms with Gasteiger partial charge in [0.1, 0.15) is 5.60 Å². The Morgan fingerprint density at radius 3 is 1.70 bits per heavy atom. The van der Waals surface area contributed by atoms with Gasteiger partial charge in [-0.15, -0.1) is 0 Å². The second kappa shape index (κ2) is 11.1. The average molecular weight is 402 g/mol. The van der Waals surface area contributed by atoms with E-state index in [1.165, 1.54) is 12.8 Å². The first-order valence-corrected chi connectivity index (χ1v) is 10.9. The average Bonchev–Trinajstić information content (AvgIpc) is 2.79. The maximum absolute atomic E-state index is 10.0. The first kappa shape index (κ1) is 22.3. The van der Waals surface area contributed by atoms with Crippen LogP contribution in [0.2, 0.25) is 0 Å². The summed E-state index contributed by atoms with van der Waals surface area (Å²) >= 11 is 0. The Morgan fingerprint density at radius 1 is 0.733 bits per heavy atom. The molecule has 3 nitrogen and oxygen atoms in total. The number of benzene rings is 3. The molecule has 0 bridgehead atoms. The summed E-state index contributed by atoms with van der Waals surface area (Å²) in [7, 11) is -1.90. The van der Waals surface area contributed by atoms with Crippen molar-refractivity contribution in [3.63, 3.8) is 0 Å². The van der Waals surface area contributed by atoms with Gasteiger partial charge in [0.15, 0.2) is 0 Å². The van der Waals surface area contributed by atoms with Gasteiger partial charge in [-0.3, -0.25) is 0 Å². The summed E-state index contributed by atoms with van der Waals surface area (Å²) < 4.78 is 6.09. The predicted octanol–water partition coefficient (Wildman–Crippen LogP) is 5.67. The molecular weight excluding hydrogens is 371 g/mol. The fraction of sp³-hybridized carbons (Fsp3) is 0.308. The molecule has 2 N–H and O–H groups in total. The molecule has 0 aromatic heterocycles. The van der Waals surface area contributed by atoms with Crippen molar-refractivity contribution in [2.75, 3.05) is 0 Å². The SMILES string of the molecule is CCCCCCC(c1ccccc1)C(OB(O)O)(c1ccccc1)c1ccccc1. The van der Waals surface area contributed by atoms with Crippen molar-refractivity contribution < 1.29 is 14.7 Å². The summed E-state index contributed by atoms with van der Waals surface area (Å²) in [5.41, 5.74) is 1.93. The van der Waals surface area contributed by atoms with Gasteiger partial charge in [0.2, 0.25) is 0 Å². The highest BCUT2D eigenvalue weighted by atomic mass is 16.6. The van der Waals surface area contributed by atoms with Gasteiger partial charge in [0.05, 0.1) is 0 Å². The zero-order valence-electron chi connectivity index (χ0n) is 17.7. The van der Waals surface area contributed by atoms with E-state index in [9.17, 15) is 10.0 Å². The van der Waals surface area contributed by atoms with E-state index >= 15 is 0 Å². The maximum atomic E-state index is 10.0. The van der Waals surface area contributed by atoms with Crippen molar-refractivity contribution in [2.45, 2.75) is 50.5 Å². The lowest BCUT2D eigenvalue weighted by Crippen LogP contribution is -2.43. The quantitative estimate of drug-likeness (QED) is 0.321. The van der Waals surface area contributed by atoms with Crippen molar-refractivity contribution in [3.8, 4) is 0 Å². The second-order valence-corrected chi connectivity index (χ2v) is 7.72. The minimum Gasteiger partial charge on any atom is -0.402 e. The number of unbranched alkanes of at least 4 members (excludes halogenated alkanes) is 3. The van der Waals surface area contributed by atoms with E-state index in [2.05, 4.69) is 19.1 Å². The van der Waals surface area contributed by atoms with Crippen LogP contribution < -0.4 is 0 Å². The Labute approximate surface area is 180 Å². The van der Waals surface area contributed by atoms with Gasteiger partial charge >= 0.3 is 7.32 Å². The fourth-order valence-corrected chi connectivity index (χ4v) is 4.39. The Bertz CT molecular complexity index is 814. The second-order valence-electron chi connectivity index (χ2n) is 7.72. The minimum atomic E-state index is -1.90. The summed E-state index contributed by atoms with van der Waals surface area (Å²) in [6.45, 7) is 2.21. The molecule has 0 aliphatic carbocycles. The normalized spacial score (nSPS) is 12.5. The summed E-state index contributed by atoms with van der Waals surface area (Å²) in [6.07, 6.45) is 5.42. The van der Waals surface area contributed by atoms with Crippen LogP contribution in [0.5, 0.6) is 0 Å². The van der Waals surface area contributed by atoms with E-state index in [1.807, 2.05) is 78.9 Å². The van der Waals surface area contributed by atoms with E-state index in [1.54, 1.807) is 0 Å². The molecule has 1 unspecified atom stereocenters. The van der Waals surface area contributed by atoms with Crippen molar-refractivity contribution in [2.24, 2.45) is 0 Å². The van der Waals surface area contributed by atoms with Crippen molar-refractivity contribution in [1.82, 2.24) is 0 Å². The monoisotopic (exact) mass is 402 g/mol. The van der Waals surface area contributed by atoms with Crippen LogP contribution in [0.1, 0.15) is 61.6 Å². The van der Waals surface area contributed by atoms with E-state index in [0.717, 1.165) is 36.0 Å². The lowest BCUT2D eigenvalue weighted by molar-refractivity contribution is 0.0222. The standard InChI is InChI=1S/C26H31BO3/c1-2-3-4-14-21-25(22-15-8-5-9-16-22)26(30-27(28)29,23-17-10-6-11-18-23)24-19-12-7-13-20-24/h5-13,15-20,25,28-29H,2-4,14,21H2,1H3. The van der Waals surface area contributed by atoms with Crippen LogP contribution in [-0.4, -0.2) is 17.4 Å². The third-order valence-corrected chi connectivity index (χ3v) is 5.74. The molecule has 0 heterocycles. The smallest absolute Gasteiger partial charge is 0.402 e. The first-order valence-electron chi connectivity index (χ1n) is 10.9. The van der Waals surface area contributed by atoms with Gasteiger partial charge in [-0.2, -0.15) is 0 Å². The van der Waals surface area contributed by atoms with E-state index in [0.29, 0.717) is 0 Å². The molecule has 4 heteroatoms. The predicted molar refractivity (Wildman–Crippen MR) is 123 cm³/mol. The Morgan fingerprint density at radius 2 is 1.23 bits per heavy atom. The summed E-state index contributed by atoms with van der Waals surface area (Å²) in [4.78, 5) is 0. The molecule has 156 valence electrons. The first-order chi connectivity index (χ1) is 14.7. The largest absolute Gasteiger partial charge is 0.634 e. The van der Waals surface area contributed by atoms with Crippen LogP contribution in [0, 0.1) is 0 Å². The Balaban J connectivity index is 2.19. The molecule has 30 heavy (non-hydrogen) atoms. The van der Waals surface area contributed by atoms with Gasteiger partial charge in [-0.05, 0) is 23.1 Å². The zero-order valence-corrected chi connectivity index (χ0v) is 17.7. The van der Waals surface area contributed by atoms with Crippen LogP contribution in [0.15, 0.2) is 91.0 Å². The molecule has 0 radical (unpaired) electrons. The van der Waals surface area contributed by atoms with Crippen molar-refractivity contribution in [1.29, 1.82) is 0 Å². The highest BCUT2D eigenvalue weighted by Gasteiger charge is 2.46. The van der Waals surface area contributed by atoms with Crippen LogP contribution in [0.3, 0.4) is 0 Å². The topological polar surface area (TPSA) is 49.7 Å². The molecule has 0 amide bonds. The highest BCUT2D eigenvalue weighted by Crippen LogP contribution is 2.48. The zero-order chi connectivity index (χ0) is 21.2. The van der Waals surface area contributed by atoms with Gasteiger partial charge < -0.3 is 14.7 Å². The van der Waals surface area contributed by atoms with Gasteiger partial charge in [-0.1, -0.05) is 124 Å². The number of hydrogen-bond acceptors (Lipinski definition) is 3.